The maximum absolute atomic E-state index is 12.2. The van der Waals surface area contributed by atoms with Crippen molar-refractivity contribution in [2.24, 2.45) is 0 Å². The normalized spacial score (nSPS) is 10.9. The maximum atomic E-state index is 12.2. The highest BCUT2D eigenvalue weighted by Crippen LogP contribution is 2.29. The molecule has 0 unspecified atom stereocenters. The van der Waals surface area contributed by atoms with Crippen LogP contribution in [0.2, 0.25) is 0 Å². The van der Waals surface area contributed by atoms with Gasteiger partial charge in [0.2, 0.25) is 0 Å². The van der Waals surface area contributed by atoms with Crippen molar-refractivity contribution < 1.29 is 9.52 Å². The predicted molar refractivity (Wildman–Crippen MR) is 82.0 cm³/mol. The van der Waals surface area contributed by atoms with Gasteiger partial charge >= 0.3 is 5.63 Å². The molecule has 0 bridgehead atoms. The molecule has 0 aliphatic rings. The molecule has 3 rings (SSSR count). The third kappa shape index (κ3) is 2.12. The zero-order chi connectivity index (χ0) is 14.3. The average Bonchev–Trinajstić information content (AvgIpc) is 2.40. The number of aryl methyl sites for hydroxylation is 1. The van der Waals surface area contributed by atoms with Crippen molar-refractivity contribution >= 4 is 26.9 Å². The first-order chi connectivity index (χ1) is 9.56. The van der Waals surface area contributed by atoms with E-state index in [1.54, 1.807) is 12.1 Å². The van der Waals surface area contributed by atoms with Gasteiger partial charge in [-0.3, -0.25) is 0 Å². The van der Waals surface area contributed by atoms with Crippen LogP contribution in [0.15, 0.2) is 56.1 Å². The first-order valence-corrected chi connectivity index (χ1v) is 6.88. The van der Waals surface area contributed by atoms with Gasteiger partial charge in [-0.1, -0.05) is 28.1 Å². The summed E-state index contributed by atoms with van der Waals surface area (Å²) in [5.41, 5.74) is 2.21. The topological polar surface area (TPSA) is 50.4 Å². The van der Waals surface area contributed by atoms with Crippen LogP contribution in [0.3, 0.4) is 0 Å². The van der Waals surface area contributed by atoms with Gasteiger partial charge in [-0.15, -0.1) is 0 Å². The van der Waals surface area contributed by atoms with E-state index in [4.69, 9.17) is 4.42 Å². The third-order valence-corrected chi connectivity index (χ3v) is 3.81. The molecule has 3 nitrogen and oxygen atoms in total. The van der Waals surface area contributed by atoms with Crippen LogP contribution in [0, 0.1) is 6.92 Å². The van der Waals surface area contributed by atoms with Crippen molar-refractivity contribution in [2.75, 3.05) is 0 Å². The van der Waals surface area contributed by atoms with Crippen molar-refractivity contribution in [3.63, 3.8) is 0 Å². The largest absolute Gasteiger partial charge is 0.508 e. The van der Waals surface area contributed by atoms with Crippen LogP contribution >= 0.6 is 15.9 Å². The van der Waals surface area contributed by atoms with E-state index >= 15 is 0 Å². The van der Waals surface area contributed by atoms with Gasteiger partial charge in [0.15, 0.2) is 0 Å². The Kier molecular flexibility index (Phi) is 3.10. The van der Waals surface area contributed by atoms with Crippen molar-refractivity contribution in [1.82, 2.24) is 0 Å². The molecule has 0 aliphatic heterocycles. The second-order valence-electron chi connectivity index (χ2n) is 4.58. The molecule has 1 heterocycles. The lowest BCUT2D eigenvalue weighted by Gasteiger charge is -2.08. The number of phenols is 1. The molecule has 0 fully saturated rings. The Hall–Kier alpha value is -2.07. The predicted octanol–water partition coefficient (Wildman–Crippen LogP) is 4.24. The Bertz CT molecular complexity index is 848. The zero-order valence-corrected chi connectivity index (χ0v) is 12.3. The summed E-state index contributed by atoms with van der Waals surface area (Å²) in [6, 6.07) is 12.3. The smallest absolute Gasteiger partial charge is 0.344 e. The van der Waals surface area contributed by atoms with Gasteiger partial charge in [0, 0.05) is 15.9 Å². The Balaban J connectivity index is 2.34. The lowest BCUT2D eigenvalue weighted by atomic mass is 10.00. The molecular formula is C16H11BrO3. The van der Waals surface area contributed by atoms with Crippen LogP contribution in [0.5, 0.6) is 5.75 Å². The fraction of sp³-hybridized carbons (Fsp3) is 0.0625. The Morgan fingerprint density at radius 1 is 1.10 bits per heavy atom. The number of hydrogen-bond donors (Lipinski definition) is 1. The van der Waals surface area contributed by atoms with Crippen molar-refractivity contribution in [1.29, 1.82) is 0 Å². The molecule has 0 atom stereocenters. The third-order valence-electron chi connectivity index (χ3n) is 3.28. The van der Waals surface area contributed by atoms with Gasteiger partial charge in [0.25, 0.3) is 0 Å². The molecule has 0 amide bonds. The molecule has 2 aromatic carbocycles. The van der Waals surface area contributed by atoms with Gasteiger partial charge in [-0.2, -0.15) is 0 Å². The lowest BCUT2D eigenvalue weighted by Crippen LogP contribution is -2.05. The van der Waals surface area contributed by atoms with E-state index in [-0.39, 0.29) is 5.75 Å². The number of halogens is 1. The van der Waals surface area contributed by atoms with Crippen LogP contribution < -0.4 is 5.63 Å². The summed E-state index contributed by atoms with van der Waals surface area (Å²) in [6.45, 7) is 1.88. The molecule has 1 N–H and O–H groups in total. The van der Waals surface area contributed by atoms with E-state index in [1.807, 2.05) is 31.2 Å². The molecule has 0 aliphatic carbocycles. The lowest BCUT2D eigenvalue weighted by molar-refractivity contribution is 0.473. The molecule has 4 heteroatoms. The molecular weight excluding hydrogens is 320 g/mol. The van der Waals surface area contributed by atoms with Crippen molar-refractivity contribution in [3.8, 4) is 16.9 Å². The number of phenolic OH excluding ortho intramolecular Hbond substituents is 1. The maximum Gasteiger partial charge on any atom is 0.344 e. The molecule has 3 aromatic rings. The standard InChI is InChI=1S/C16H11BrO3/c1-9-13-7-6-12(18)8-14(13)20-16(19)15(9)10-2-4-11(17)5-3-10/h2-8,18H,1H3. The van der Waals surface area contributed by atoms with Crippen LogP contribution in [0.1, 0.15) is 5.56 Å². The van der Waals surface area contributed by atoms with E-state index in [9.17, 15) is 9.90 Å². The zero-order valence-electron chi connectivity index (χ0n) is 10.7. The summed E-state index contributed by atoms with van der Waals surface area (Å²) in [7, 11) is 0. The van der Waals surface area contributed by atoms with Gasteiger partial charge in [-0.25, -0.2) is 4.79 Å². The van der Waals surface area contributed by atoms with E-state index in [0.29, 0.717) is 11.1 Å². The van der Waals surface area contributed by atoms with Crippen LogP contribution in [-0.4, -0.2) is 5.11 Å². The summed E-state index contributed by atoms with van der Waals surface area (Å²) in [5, 5.41) is 10.3. The highest BCUT2D eigenvalue weighted by Gasteiger charge is 2.13. The molecule has 100 valence electrons. The first kappa shape index (κ1) is 12.9. The van der Waals surface area contributed by atoms with Crippen LogP contribution in [0.25, 0.3) is 22.1 Å². The number of rotatable bonds is 1. The molecule has 0 spiro atoms. The Morgan fingerprint density at radius 3 is 2.50 bits per heavy atom. The summed E-state index contributed by atoms with van der Waals surface area (Å²) in [4.78, 5) is 12.2. The molecule has 0 radical (unpaired) electrons. The van der Waals surface area contributed by atoms with Gasteiger partial charge in [0.05, 0.1) is 5.56 Å². The molecule has 20 heavy (non-hydrogen) atoms. The van der Waals surface area contributed by atoms with Crippen LogP contribution in [-0.2, 0) is 0 Å². The highest BCUT2D eigenvalue weighted by atomic mass is 79.9. The molecule has 0 saturated heterocycles. The van der Waals surface area contributed by atoms with E-state index < -0.39 is 5.63 Å². The van der Waals surface area contributed by atoms with E-state index in [2.05, 4.69) is 15.9 Å². The second kappa shape index (κ2) is 4.80. The average molecular weight is 331 g/mol. The minimum absolute atomic E-state index is 0.0800. The minimum Gasteiger partial charge on any atom is -0.508 e. The van der Waals surface area contributed by atoms with E-state index in [0.717, 1.165) is 21.0 Å². The van der Waals surface area contributed by atoms with Crippen molar-refractivity contribution in [3.05, 3.63) is 62.9 Å². The first-order valence-electron chi connectivity index (χ1n) is 6.08. The number of aromatic hydroxyl groups is 1. The monoisotopic (exact) mass is 330 g/mol. The summed E-state index contributed by atoms with van der Waals surface area (Å²) in [5.74, 6) is 0.0800. The Morgan fingerprint density at radius 2 is 1.80 bits per heavy atom. The fourth-order valence-electron chi connectivity index (χ4n) is 2.29. The summed E-state index contributed by atoms with van der Waals surface area (Å²) >= 11 is 3.37. The summed E-state index contributed by atoms with van der Waals surface area (Å²) < 4.78 is 6.26. The van der Waals surface area contributed by atoms with Gasteiger partial charge in [0.1, 0.15) is 11.3 Å². The minimum atomic E-state index is -0.400. The Labute approximate surface area is 123 Å². The second-order valence-corrected chi connectivity index (χ2v) is 5.49. The van der Waals surface area contributed by atoms with Crippen LogP contribution in [0.4, 0.5) is 0 Å². The quantitative estimate of drug-likeness (QED) is 0.679. The number of benzene rings is 2. The van der Waals surface area contributed by atoms with Gasteiger partial charge in [-0.05, 0) is 42.3 Å². The fourth-order valence-corrected chi connectivity index (χ4v) is 2.56. The number of fused-ring (bicyclic) bond motifs is 1. The summed E-state index contributed by atoms with van der Waals surface area (Å²) in [6.07, 6.45) is 0. The molecule has 1 aromatic heterocycles. The highest BCUT2D eigenvalue weighted by molar-refractivity contribution is 9.10. The molecule has 0 saturated carbocycles. The van der Waals surface area contributed by atoms with Gasteiger partial charge < -0.3 is 9.52 Å². The van der Waals surface area contributed by atoms with E-state index in [1.165, 1.54) is 6.07 Å². The SMILES string of the molecule is Cc1c(-c2ccc(Br)cc2)c(=O)oc2cc(O)ccc12. The number of hydrogen-bond acceptors (Lipinski definition) is 3. The van der Waals surface area contributed by atoms with Crippen molar-refractivity contribution in [2.45, 2.75) is 6.92 Å².